The molecule has 0 radical (unpaired) electrons. The lowest BCUT2D eigenvalue weighted by atomic mass is 9.82. The Morgan fingerprint density at radius 1 is 1.22 bits per heavy atom. The van der Waals surface area contributed by atoms with Gasteiger partial charge in [-0.3, -0.25) is 14.9 Å². The lowest BCUT2D eigenvalue weighted by molar-refractivity contribution is -0.162. The summed E-state index contributed by atoms with van der Waals surface area (Å²) in [6.45, 7) is 17.0. The Bertz CT molecular complexity index is 1590. The van der Waals surface area contributed by atoms with E-state index in [4.69, 9.17) is 25.8 Å². The Balaban J connectivity index is 1.71. The number of fused-ring (bicyclic) bond motifs is 5. The molecule has 11 nitrogen and oxygen atoms in total. The summed E-state index contributed by atoms with van der Waals surface area (Å²) in [7, 11) is 3.20. The van der Waals surface area contributed by atoms with Gasteiger partial charge in [0, 0.05) is 38.8 Å². The fraction of sp³-hybridized carbons (Fsp3) is 0.641. The minimum Gasteiger partial charge on any atom is -0.457 e. The maximum absolute atomic E-state index is 14.1. The molecule has 1 unspecified atom stereocenters. The summed E-state index contributed by atoms with van der Waals surface area (Å²) < 4.78 is 18.1. The van der Waals surface area contributed by atoms with Crippen LogP contribution in [0.2, 0.25) is 5.02 Å². The van der Waals surface area contributed by atoms with Gasteiger partial charge in [-0.1, -0.05) is 76.1 Å². The Hall–Kier alpha value is -3.41. The minimum atomic E-state index is -1.59. The number of rotatable bonds is 5. The van der Waals surface area contributed by atoms with Crippen molar-refractivity contribution in [2.24, 2.45) is 17.3 Å². The number of ether oxygens (including phenoxy) is 3. The van der Waals surface area contributed by atoms with Gasteiger partial charge in [-0.2, -0.15) is 0 Å². The van der Waals surface area contributed by atoms with Crippen molar-refractivity contribution in [2.75, 3.05) is 19.0 Å². The van der Waals surface area contributed by atoms with E-state index in [2.05, 4.69) is 5.32 Å². The van der Waals surface area contributed by atoms with E-state index < -0.39 is 59.6 Å². The number of aliphatic hydroxyl groups is 1. The van der Waals surface area contributed by atoms with Crippen LogP contribution in [-0.4, -0.2) is 83.7 Å². The van der Waals surface area contributed by atoms with Crippen LogP contribution in [0.25, 0.3) is 0 Å². The van der Waals surface area contributed by atoms with Crippen LogP contribution in [0.4, 0.5) is 10.5 Å². The van der Waals surface area contributed by atoms with Crippen molar-refractivity contribution in [1.82, 2.24) is 10.2 Å². The topological polar surface area (TPSA) is 138 Å². The lowest BCUT2D eigenvalue weighted by Crippen LogP contribution is -2.60. The van der Waals surface area contributed by atoms with E-state index in [-0.39, 0.29) is 36.5 Å². The summed E-state index contributed by atoms with van der Waals surface area (Å²) in [6, 6.07) is 2.93. The summed E-state index contributed by atoms with van der Waals surface area (Å²) in [4.78, 5) is 56.4. The third-order valence-corrected chi connectivity index (χ3v) is 11.2. The number of anilines is 1. The molecule has 51 heavy (non-hydrogen) atoms. The van der Waals surface area contributed by atoms with Gasteiger partial charge in [-0.15, -0.1) is 0 Å². The highest BCUT2D eigenvalue weighted by Crippen LogP contribution is 2.49. The number of aryl methyl sites for hydroxylation is 1. The molecule has 8 atom stereocenters. The van der Waals surface area contributed by atoms with Crippen molar-refractivity contribution in [2.45, 2.75) is 130 Å². The average molecular weight is 730 g/mol. The maximum atomic E-state index is 14.1. The number of likely N-dealkylation sites (N-methyl/N-ethyl adjacent to an activating group) is 1. The summed E-state index contributed by atoms with van der Waals surface area (Å²) in [5.74, 6) is -2.14. The van der Waals surface area contributed by atoms with E-state index in [1.165, 1.54) is 9.80 Å². The molecular weight excluding hydrogens is 674 g/mol. The Labute approximate surface area is 307 Å². The van der Waals surface area contributed by atoms with Crippen LogP contribution < -0.4 is 10.2 Å². The fourth-order valence-corrected chi connectivity index (χ4v) is 7.05. The second-order valence-electron chi connectivity index (χ2n) is 16.2. The monoisotopic (exact) mass is 729 g/mol. The SMILES string of the molecule is C/C1=C\C=C\[C@@H](C)[C@@]2(O)CC(OC(=O)N2)[C@@H](C)[C@@H]2O[C@@]2(C)[C@@H](OC(=O)[C@H](C)N(C)C(=O)CCC(C)(C)C)CC(=O)N(C)c2cc(cc(C)c2Cl)C1. The summed E-state index contributed by atoms with van der Waals surface area (Å²) in [6.07, 6.45) is 3.84. The fourth-order valence-electron chi connectivity index (χ4n) is 6.82. The molecule has 3 aliphatic rings. The van der Waals surface area contributed by atoms with Gasteiger partial charge in [-0.05, 0) is 63.1 Å². The zero-order chi connectivity index (χ0) is 38.2. The molecule has 4 rings (SSSR count). The van der Waals surface area contributed by atoms with E-state index in [1.807, 2.05) is 78.8 Å². The quantitative estimate of drug-likeness (QED) is 0.268. The van der Waals surface area contributed by atoms with Crippen molar-refractivity contribution in [3.63, 3.8) is 0 Å². The van der Waals surface area contributed by atoms with Gasteiger partial charge in [0.05, 0.1) is 23.2 Å². The largest absolute Gasteiger partial charge is 0.457 e. The van der Waals surface area contributed by atoms with Crippen LogP contribution in [0.15, 0.2) is 35.9 Å². The highest BCUT2D eigenvalue weighted by Gasteiger charge is 2.64. The van der Waals surface area contributed by atoms with E-state index in [0.717, 1.165) is 16.7 Å². The molecule has 2 fully saturated rings. The molecule has 0 spiro atoms. The number of halogens is 1. The second kappa shape index (κ2) is 15.3. The third-order valence-electron chi connectivity index (χ3n) is 10.8. The van der Waals surface area contributed by atoms with Crippen LogP contribution in [0.1, 0.15) is 92.2 Å². The van der Waals surface area contributed by atoms with Crippen LogP contribution in [0.3, 0.4) is 0 Å². The molecule has 282 valence electrons. The molecule has 12 heteroatoms. The molecule has 0 saturated carbocycles. The lowest BCUT2D eigenvalue weighted by Gasteiger charge is -2.41. The highest BCUT2D eigenvalue weighted by molar-refractivity contribution is 6.34. The van der Waals surface area contributed by atoms with Crippen LogP contribution in [0.5, 0.6) is 0 Å². The van der Waals surface area contributed by atoms with Gasteiger partial charge in [0.15, 0.2) is 0 Å². The average Bonchev–Trinajstić information content (AvgIpc) is 3.74. The minimum absolute atomic E-state index is 0.0544. The molecule has 3 amide bonds. The highest BCUT2D eigenvalue weighted by atomic mass is 35.5. The van der Waals surface area contributed by atoms with Gasteiger partial charge < -0.3 is 29.1 Å². The maximum Gasteiger partial charge on any atom is 0.409 e. The van der Waals surface area contributed by atoms with Gasteiger partial charge in [0.2, 0.25) is 11.8 Å². The first-order valence-corrected chi connectivity index (χ1v) is 18.2. The summed E-state index contributed by atoms with van der Waals surface area (Å²) in [5, 5.41) is 14.7. The summed E-state index contributed by atoms with van der Waals surface area (Å²) >= 11 is 6.77. The molecule has 1 aromatic rings. The molecule has 4 bridgehead atoms. The number of benzene rings is 1. The van der Waals surface area contributed by atoms with Crippen LogP contribution >= 0.6 is 11.6 Å². The number of allylic oxidation sites excluding steroid dienone is 3. The summed E-state index contributed by atoms with van der Waals surface area (Å²) in [5.41, 5.74) is 0.510. The van der Waals surface area contributed by atoms with E-state index in [0.29, 0.717) is 23.6 Å². The Morgan fingerprint density at radius 2 is 1.88 bits per heavy atom. The smallest absolute Gasteiger partial charge is 0.409 e. The molecule has 2 N–H and O–H groups in total. The van der Waals surface area contributed by atoms with Crippen LogP contribution in [-0.2, 0) is 35.0 Å². The normalized spacial score (nSPS) is 32.4. The van der Waals surface area contributed by atoms with Crippen molar-refractivity contribution < 1.29 is 38.5 Å². The molecule has 0 aliphatic carbocycles. The van der Waals surface area contributed by atoms with Crippen molar-refractivity contribution in [3.05, 3.63) is 52.1 Å². The van der Waals surface area contributed by atoms with Crippen molar-refractivity contribution in [3.8, 4) is 0 Å². The molecule has 2 saturated heterocycles. The van der Waals surface area contributed by atoms with Crippen LogP contribution in [0, 0.1) is 24.2 Å². The molecule has 3 aliphatic heterocycles. The van der Waals surface area contributed by atoms with Crippen molar-refractivity contribution in [1.29, 1.82) is 0 Å². The predicted molar refractivity (Wildman–Crippen MR) is 196 cm³/mol. The van der Waals surface area contributed by atoms with Gasteiger partial charge in [0.25, 0.3) is 0 Å². The number of amides is 3. The Morgan fingerprint density at radius 3 is 2.53 bits per heavy atom. The zero-order valence-electron chi connectivity index (χ0n) is 32.0. The van der Waals surface area contributed by atoms with E-state index in [1.54, 1.807) is 27.9 Å². The molecule has 3 heterocycles. The van der Waals surface area contributed by atoms with E-state index >= 15 is 0 Å². The number of hydrogen-bond acceptors (Lipinski definition) is 8. The third kappa shape index (κ3) is 9.34. The van der Waals surface area contributed by atoms with Gasteiger partial charge in [0.1, 0.15) is 29.6 Å². The zero-order valence-corrected chi connectivity index (χ0v) is 32.7. The first-order valence-electron chi connectivity index (χ1n) is 17.8. The van der Waals surface area contributed by atoms with E-state index in [9.17, 15) is 24.3 Å². The number of esters is 1. The Kier molecular flexibility index (Phi) is 12.1. The number of hydrogen-bond donors (Lipinski definition) is 2. The first-order chi connectivity index (χ1) is 23.6. The first kappa shape index (κ1) is 40.4. The number of epoxide rings is 1. The number of carbonyl (C=O) groups excluding carboxylic acids is 4. The number of alkyl carbamates (subject to hydrolysis) is 1. The molecule has 1 aromatic carbocycles. The molecule has 0 aromatic heterocycles. The predicted octanol–water partition coefficient (Wildman–Crippen LogP) is 6.26. The molecular formula is C39H56ClN3O8. The van der Waals surface area contributed by atoms with Crippen molar-refractivity contribution >= 4 is 41.2 Å². The van der Waals surface area contributed by atoms with Gasteiger partial charge in [-0.25, -0.2) is 9.59 Å². The van der Waals surface area contributed by atoms with Gasteiger partial charge >= 0.3 is 12.1 Å². The number of nitrogens with one attached hydrogen (secondary N) is 1. The second-order valence-corrected chi connectivity index (χ2v) is 16.6. The number of nitrogens with zero attached hydrogens (tertiary/aromatic N) is 2. The standard InChI is InChI=1S/C39H56ClN3O8/c1-22-13-12-14-24(3)39(48)21-29(49-36(47)41-39)25(4)34-38(9,51-34)30(50-35(46)26(5)42(10)31(44)15-16-37(6,7)8)20-32(45)43(11)28-19-27(17-22)18-23(2)33(28)40/h12-14,18-19,24-26,29-30,34,48H,15-17,20-21H2,1-11H3,(H,41,47)/b14-12+,22-13+/t24-,25-,26+,29?,30+,34+,38+,39+/m1/s1. The number of carbonyl (C=O) groups is 4.